The molecule has 0 aliphatic rings. The van der Waals surface area contributed by atoms with Crippen LogP contribution in [0.25, 0.3) is 5.95 Å². The van der Waals surface area contributed by atoms with Crippen molar-refractivity contribution in [3.63, 3.8) is 0 Å². The molecule has 0 unspecified atom stereocenters. The summed E-state index contributed by atoms with van der Waals surface area (Å²) in [5.41, 5.74) is 4.04. The number of carbonyl (C=O) groups is 1. The quantitative estimate of drug-likeness (QED) is 0.783. The molecule has 0 bridgehead atoms. The van der Waals surface area contributed by atoms with Gasteiger partial charge in [0.05, 0.1) is 23.8 Å². The molecule has 1 N–H and O–H groups in total. The molecule has 0 radical (unpaired) electrons. The molecule has 3 rings (SSSR count). The number of benzene rings is 1. The van der Waals surface area contributed by atoms with Crippen LogP contribution in [0, 0.1) is 20.8 Å². The fraction of sp³-hybridized carbons (Fsp3) is 0.263. The second-order valence-corrected chi connectivity index (χ2v) is 6.34. The van der Waals surface area contributed by atoms with E-state index in [-0.39, 0.29) is 5.91 Å². The molecule has 3 aromatic rings. The van der Waals surface area contributed by atoms with Crippen molar-refractivity contribution in [2.75, 3.05) is 24.3 Å². The van der Waals surface area contributed by atoms with Crippen molar-refractivity contribution in [3.05, 3.63) is 59.4 Å². The number of carbonyl (C=O) groups excluding carboxylic acids is 1. The van der Waals surface area contributed by atoms with Crippen LogP contribution in [-0.2, 0) is 0 Å². The van der Waals surface area contributed by atoms with E-state index in [1.807, 2.05) is 62.5 Å². The summed E-state index contributed by atoms with van der Waals surface area (Å²) in [5.74, 6) is 1.17. The third kappa shape index (κ3) is 3.42. The predicted molar refractivity (Wildman–Crippen MR) is 102 cm³/mol. The first-order valence-corrected chi connectivity index (χ1v) is 8.30. The minimum absolute atomic E-state index is 0.198. The number of hydrogen-bond donors (Lipinski definition) is 1. The Kier molecular flexibility index (Phi) is 4.71. The summed E-state index contributed by atoms with van der Waals surface area (Å²) in [5, 5.41) is 2.83. The fourth-order valence-electron chi connectivity index (χ4n) is 2.70. The summed E-state index contributed by atoms with van der Waals surface area (Å²) in [6, 6.07) is 7.42. The summed E-state index contributed by atoms with van der Waals surface area (Å²) in [6.07, 6.45) is 3.20. The van der Waals surface area contributed by atoms with E-state index in [2.05, 4.69) is 20.3 Å². The molecule has 7 nitrogen and oxygen atoms in total. The molecule has 0 spiro atoms. The summed E-state index contributed by atoms with van der Waals surface area (Å²) in [7, 11) is 3.87. The Labute approximate surface area is 152 Å². The fourth-order valence-corrected chi connectivity index (χ4v) is 2.70. The molecule has 7 heteroatoms. The molecule has 0 saturated carbocycles. The van der Waals surface area contributed by atoms with Gasteiger partial charge in [-0.25, -0.2) is 15.0 Å². The van der Waals surface area contributed by atoms with Crippen LogP contribution in [-0.4, -0.2) is 39.5 Å². The maximum atomic E-state index is 12.5. The minimum Gasteiger partial charge on any atom is -0.378 e. The lowest BCUT2D eigenvalue weighted by molar-refractivity contribution is 0.102. The molecule has 2 heterocycles. The first-order chi connectivity index (χ1) is 12.4. The molecule has 0 atom stereocenters. The van der Waals surface area contributed by atoms with E-state index in [1.165, 1.54) is 0 Å². The van der Waals surface area contributed by atoms with Crippen molar-refractivity contribution < 1.29 is 4.79 Å². The highest BCUT2D eigenvalue weighted by atomic mass is 16.1. The van der Waals surface area contributed by atoms with Crippen LogP contribution in [0.2, 0.25) is 0 Å². The van der Waals surface area contributed by atoms with Gasteiger partial charge < -0.3 is 10.2 Å². The highest BCUT2D eigenvalue weighted by molar-refractivity contribution is 6.04. The topological polar surface area (TPSA) is 75.9 Å². The van der Waals surface area contributed by atoms with Crippen molar-refractivity contribution in [1.29, 1.82) is 0 Å². The lowest BCUT2D eigenvalue weighted by Crippen LogP contribution is -2.15. The summed E-state index contributed by atoms with van der Waals surface area (Å²) in [4.78, 5) is 27.6. The van der Waals surface area contributed by atoms with E-state index in [9.17, 15) is 4.79 Å². The average Bonchev–Trinajstić information content (AvgIpc) is 2.88. The van der Waals surface area contributed by atoms with Gasteiger partial charge in [-0.05, 0) is 39.0 Å². The highest BCUT2D eigenvalue weighted by Crippen LogP contribution is 2.17. The number of hydrogen-bond acceptors (Lipinski definition) is 5. The van der Waals surface area contributed by atoms with E-state index in [0.717, 1.165) is 22.9 Å². The number of nitrogens with one attached hydrogen (secondary N) is 1. The lowest BCUT2D eigenvalue weighted by atomic mass is 10.2. The van der Waals surface area contributed by atoms with Gasteiger partial charge in [-0.1, -0.05) is 6.07 Å². The standard InChI is InChI=1S/C19H22N6O/c1-12-13(2)25(14(3)22-12)19-20-10-16(11-21-19)23-18(26)15-7-6-8-17(9-15)24(4)5/h6-11H,1-5H3,(H,23,26). The van der Waals surface area contributed by atoms with Gasteiger partial charge in [0.25, 0.3) is 5.91 Å². The molecular weight excluding hydrogens is 328 g/mol. The zero-order valence-corrected chi connectivity index (χ0v) is 15.6. The van der Waals surface area contributed by atoms with E-state index < -0.39 is 0 Å². The van der Waals surface area contributed by atoms with E-state index in [1.54, 1.807) is 18.5 Å². The normalized spacial score (nSPS) is 10.7. The zero-order chi connectivity index (χ0) is 18.8. The molecule has 1 amide bonds. The monoisotopic (exact) mass is 350 g/mol. The van der Waals surface area contributed by atoms with Gasteiger partial charge >= 0.3 is 0 Å². The van der Waals surface area contributed by atoms with Crippen LogP contribution in [0.3, 0.4) is 0 Å². The first kappa shape index (κ1) is 17.6. The Balaban J connectivity index is 1.79. The van der Waals surface area contributed by atoms with Crippen molar-refractivity contribution in [2.24, 2.45) is 0 Å². The molecule has 0 fully saturated rings. The van der Waals surface area contributed by atoms with Crippen LogP contribution < -0.4 is 10.2 Å². The van der Waals surface area contributed by atoms with E-state index in [0.29, 0.717) is 17.2 Å². The van der Waals surface area contributed by atoms with Crippen LogP contribution in [0.15, 0.2) is 36.7 Å². The first-order valence-electron chi connectivity index (χ1n) is 8.30. The Bertz CT molecular complexity index is 943. The van der Waals surface area contributed by atoms with Gasteiger partial charge in [-0.3, -0.25) is 9.36 Å². The molecular formula is C19H22N6O. The van der Waals surface area contributed by atoms with Crippen LogP contribution >= 0.6 is 0 Å². The minimum atomic E-state index is -0.198. The van der Waals surface area contributed by atoms with Gasteiger partial charge in [-0.2, -0.15) is 0 Å². The summed E-state index contributed by atoms with van der Waals surface area (Å²) < 4.78 is 1.89. The molecule has 2 aromatic heterocycles. The van der Waals surface area contributed by atoms with Crippen LogP contribution in [0.4, 0.5) is 11.4 Å². The van der Waals surface area contributed by atoms with Gasteiger partial charge in [0, 0.05) is 31.0 Å². The van der Waals surface area contributed by atoms with Crippen molar-refractivity contribution in [2.45, 2.75) is 20.8 Å². The molecule has 134 valence electrons. The number of rotatable bonds is 4. The number of aryl methyl sites for hydroxylation is 2. The SMILES string of the molecule is Cc1nc(C)n(-c2ncc(NC(=O)c3cccc(N(C)C)c3)cn2)c1C. The third-order valence-electron chi connectivity index (χ3n) is 4.23. The van der Waals surface area contributed by atoms with Gasteiger partial charge in [0.2, 0.25) is 5.95 Å². The number of amides is 1. The second-order valence-electron chi connectivity index (χ2n) is 6.34. The smallest absolute Gasteiger partial charge is 0.255 e. The maximum absolute atomic E-state index is 12.5. The predicted octanol–water partition coefficient (Wildman–Crippen LogP) is 2.91. The van der Waals surface area contributed by atoms with Gasteiger partial charge in [0.15, 0.2) is 0 Å². The summed E-state index contributed by atoms with van der Waals surface area (Å²) in [6.45, 7) is 5.85. The lowest BCUT2D eigenvalue weighted by Gasteiger charge is -2.13. The number of anilines is 2. The number of imidazole rings is 1. The Morgan fingerprint density at radius 1 is 1.12 bits per heavy atom. The Hall–Kier alpha value is -3.22. The van der Waals surface area contributed by atoms with Crippen molar-refractivity contribution >= 4 is 17.3 Å². The van der Waals surface area contributed by atoms with E-state index >= 15 is 0 Å². The molecule has 26 heavy (non-hydrogen) atoms. The maximum Gasteiger partial charge on any atom is 0.255 e. The molecule has 1 aromatic carbocycles. The van der Waals surface area contributed by atoms with Crippen molar-refractivity contribution in [3.8, 4) is 5.95 Å². The zero-order valence-electron chi connectivity index (χ0n) is 15.6. The Morgan fingerprint density at radius 2 is 1.81 bits per heavy atom. The molecule has 0 aliphatic heterocycles. The van der Waals surface area contributed by atoms with Gasteiger partial charge in [-0.15, -0.1) is 0 Å². The average molecular weight is 350 g/mol. The van der Waals surface area contributed by atoms with Crippen LogP contribution in [0.5, 0.6) is 0 Å². The Morgan fingerprint density at radius 3 is 2.38 bits per heavy atom. The van der Waals surface area contributed by atoms with Crippen molar-refractivity contribution in [1.82, 2.24) is 19.5 Å². The largest absolute Gasteiger partial charge is 0.378 e. The second kappa shape index (κ2) is 6.95. The number of nitrogens with zero attached hydrogens (tertiary/aromatic N) is 5. The molecule has 0 saturated heterocycles. The molecule has 0 aliphatic carbocycles. The third-order valence-corrected chi connectivity index (χ3v) is 4.23. The summed E-state index contributed by atoms with van der Waals surface area (Å²) >= 11 is 0. The van der Waals surface area contributed by atoms with Gasteiger partial charge in [0.1, 0.15) is 5.82 Å². The van der Waals surface area contributed by atoms with Crippen LogP contribution in [0.1, 0.15) is 27.6 Å². The highest BCUT2D eigenvalue weighted by Gasteiger charge is 2.12. The van der Waals surface area contributed by atoms with E-state index in [4.69, 9.17) is 0 Å². The number of aromatic nitrogens is 4.